The fourth-order valence-electron chi connectivity index (χ4n) is 8.93. The Morgan fingerprint density at radius 3 is 2.03 bits per heavy atom. The molecule has 13 nitrogen and oxygen atoms in total. The number of hydrogen-bond donors (Lipinski definition) is 3. The quantitative estimate of drug-likeness (QED) is 0.0985. The Kier molecular flexibility index (Phi) is 11.9. The summed E-state index contributed by atoms with van der Waals surface area (Å²) in [5, 5.41) is 25.3. The van der Waals surface area contributed by atoms with Crippen molar-refractivity contribution in [1.29, 1.82) is 0 Å². The van der Waals surface area contributed by atoms with Crippen LogP contribution in [0.25, 0.3) is 0 Å². The molecule has 2 aliphatic rings. The molecule has 5 aromatic carbocycles. The first-order valence-electron chi connectivity index (χ1n) is 20.7. The van der Waals surface area contributed by atoms with Gasteiger partial charge in [-0.15, -0.1) is 5.10 Å². The summed E-state index contributed by atoms with van der Waals surface area (Å²) < 4.78 is 35.6. The van der Waals surface area contributed by atoms with E-state index in [4.69, 9.17) is 14.2 Å². The molecule has 324 valence electrons. The maximum absolute atomic E-state index is 16.6. The van der Waals surface area contributed by atoms with Gasteiger partial charge in [0.25, 0.3) is 17.7 Å². The molecule has 63 heavy (non-hydrogen) atoms. The van der Waals surface area contributed by atoms with Gasteiger partial charge in [-0.2, -0.15) is 0 Å². The number of alkyl halides is 1. The number of hydrogen-bond acceptors (Lipinski definition) is 9. The van der Waals surface area contributed by atoms with Gasteiger partial charge in [-0.05, 0) is 110 Å². The molecule has 0 aliphatic carbocycles. The second-order valence-corrected chi connectivity index (χ2v) is 16.5. The first kappa shape index (κ1) is 42.8. The van der Waals surface area contributed by atoms with Gasteiger partial charge in [-0.3, -0.25) is 19.1 Å². The van der Waals surface area contributed by atoms with Crippen molar-refractivity contribution in [2.24, 2.45) is 11.8 Å². The lowest BCUT2D eigenvalue weighted by atomic mass is 9.71. The molecule has 1 saturated heterocycles. The van der Waals surface area contributed by atoms with E-state index in [0.29, 0.717) is 56.5 Å². The lowest BCUT2D eigenvalue weighted by Crippen LogP contribution is -2.45. The number of aliphatic hydroxyl groups is 1. The molecule has 3 N–H and O–H groups in total. The number of benzene rings is 5. The van der Waals surface area contributed by atoms with E-state index < -0.39 is 35.3 Å². The van der Waals surface area contributed by atoms with Crippen molar-refractivity contribution in [2.45, 2.75) is 63.8 Å². The third-order valence-corrected chi connectivity index (χ3v) is 12.1. The number of methoxy groups -OCH3 is 2. The molecule has 8 rings (SSSR count). The monoisotopic (exact) mass is 852 g/mol. The third-order valence-electron chi connectivity index (χ3n) is 12.1. The number of amides is 3. The van der Waals surface area contributed by atoms with Crippen LogP contribution < -0.4 is 25.0 Å². The van der Waals surface area contributed by atoms with Gasteiger partial charge in [0.1, 0.15) is 29.0 Å². The van der Waals surface area contributed by atoms with E-state index in [-0.39, 0.29) is 37.2 Å². The zero-order valence-corrected chi connectivity index (χ0v) is 35.6. The number of anilines is 3. The number of rotatable bonds is 14. The van der Waals surface area contributed by atoms with Crippen molar-refractivity contribution in [1.82, 2.24) is 15.0 Å². The van der Waals surface area contributed by atoms with E-state index in [9.17, 15) is 14.7 Å². The lowest BCUT2D eigenvalue weighted by Gasteiger charge is -2.32. The van der Waals surface area contributed by atoms with E-state index in [1.54, 1.807) is 121 Å². The summed E-state index contributed by atoms with van der Waals surface area (Å²) in [6, 6.07) is 35.1. The number of carbonyl (C=O) groups excluding carboxylic acids is 3. The highest BCUT2D eigenvalue weighted by molar-refractivity contribution is 6.09. The molecule has 0 saturated carbocycles. The summed E-state index contributed by atoms with van der Waals surface area (Å²) in [5.41, 5.74) is 1.39. The van der Waals surface area contributed by atoms with Crippen LogP contribution in [0.2, 0.25) is 0 Å². The number of nitrogens with one attached hydrogen (secondary N) is 2. The zero-order valence-electron chi connectivity index (χ0n) is 35.6. The SMILES string of the molecule is COc1ccc(C(=O)Nc2ccc(CN3C(=O)[C@]4(O[C@H](CCn5cc([C@H](O)c6ccccc6)nn5)[C@@H](C(C)(C)F)[C@@H]4C)c4cc(NC(=O)c5ccc(OC)cc5)ccc43)cc2)cc1. The Bertz CT molecular complexity index is 2600. The molecule has 6 aromatic rings. The smallest absolute Gasteiger partial charge is 0.264 e. The summed E-state index contributed by atoms with van der Waals surface area (Å²) in [6.07, 6.45) is 0.228. The molecule has 1 fully saturated rings. The standard InChI is InChI=1S/C49H49FN6O7/c1-30-43(48(2,3)50)42(25-26-55-29-40(53-54-55)44(57)32-9-7-6-8-10-32)63-49(30)39-27-36(52-46(59)34-15-22-38(62-5)23-16-34)19-24-41(39)56(47(49)60)28-31-11-17-35(18-12-31)51-45(58)33-13-20-37(61-4)21-14-33/h6-24,27,29-30,42-44,57H,25-26,28H2,1-5H3,(H,51,58)(H,52,59)/t30-,42+,43-,44+,49+/m0/s1. The van der Waals surface area contributed by atoms with Crippen LogP contribution in [0.1, 0.15) is 76.4 Å². The van der Waals surface area contributed by atoms with E-state index in [1.807, 2.05) is 37.3 Å². The minimum Gasteiger partial charge on any atom is -0.497 e. The Balaban J connectivity index is 1.08. The highest BCUT2D eigenvalue weighted by Gasteiger charge is 2.66. The van der Waals surface area contributed by atoms with Crippen LogP contribution in [0.3, 0.4) is 0 Å². The van der Waals surface area contributed by atoms with Gasteiger partial charge >= 0.3 is 0 Å². The second-order valence-electron chi connectivity index (χ2n) is 16.5. The van der Waals surface area contributed by atoms with Crippen LogP contribution in [0.4, 0.5) is 21.5 Å². The Morgan fingerprint density at radius 2 is 1.44 bits per heavy atom. The number of fused-ring (bicyclic) bond motifs is 2. The minimum absolute atomic E-state index is 0.147. The third kappa shape index (κ3) is 8.51. The van der Waals surface area contributed by atoms with Gasteiger partial charge in [0.2, 0.25) is 0 Å². The molecule has 5 atom stereocenters. The van der Waals surface area contributed by atoms with Gasteiger partial charge < -0.3 is 34.9 Å². The number of ether oxygens (including phenoxy) is 3. The first-order valence-corrected chi connectivity index (χ1v) is 20.7. The van der Waals surface area contributed by atoms with Gasteiger partial charge in [0.05, 0.1) is 38.8 Å². The van der Waals surface area contributed by atoms with Crippen molar-refractivity contribution in [3.05, 3.63) is 161 Å². The Morgan fingerprint density at radius 1 is 0.857 bits per heavy atom. The number of aromatic nitrogens is 3. The molecule has 0 unspecified atom stereocenters. The molecule has 14 heteroatoms. The Hall–Kier alpha value is -6.90. The molecular weight excluding hydrogens is 804 g/mol. The number of nitrogens with zero attached hydrogens (tertiary/aromatic N) is 4. The largest absolute Gasteiger partial charge is 0.497 e. The summed E-state index contributed by atoms with van der Waals surface area (Å²) in [5.74, 6) is -1.15. The highest BCUT2D eigenvalue weighted by Crippen LogP contribution is 2.59. The van der Waals surface area contributed by atoms with Gasteiger partial charge in [-0.1, -0.05) is 54.6 Å². The number of aliphatic hydroxyl groups excluding tert-OH is 1. The van der Waals surface area contributed by atoms with Crippen LogP contribution in [-0.4, -0.2) is 63.8 Å². The number of aryl methyl sites for hydroxylation is 1. The normalized spacial score (nSPS) is 19.8. The van der Waals surface area contributed by atoms with Gasteiger partial charge in [0.15, 0.2) is 5.60 Å². The minimum atomic E-state index is -1.77. The van der Waals surface area contributed by atoms with E-state index in [0.717, 1.165) is 5.56 Å². The number of halogens is 1. The first-order chi connectivity index (χ1) is 30.3. The highest BCUT2D eigenvalue weighted by atomic mass is 19.1. The molecule has 0 bridgehead atoms. The van der Waals surface area contributed by atoms with Gasteiger partial charge in [-0.25, -0.2) is 4.39 Å². The molecule has 3 heterocycles. The van der Waals surface area contributed by atoms with Crippen molar-refractivity contribution in [3.8, 4) is 11.5 Å². The van der Waals surface area contributed by atoms with Crippen molar-refractivity contribution in [2.75, 3.05) is 29.8 Å². The fraction of sp³-hybridized carbons (Fsp3) is 0.286. The second kappa shape index (κ2) is 17.5. The topological polar surface area (TPSA) is 157 Å². The molecule has 1 spiro atoms. The van der Waals surface area contributed by atoms with Crippen molar-refractivity contribution in [3.63, 3.8) is 0 Å². The molecule has 3 amide bonds. The maximum atomic E-state index is 16.6. The van der Waals surface area contributed by atoms with Crippen molar-refractivity contribution >= 4 is 34.8 Å². The molecule has 0 radical (unpaired) electrons. The van der Waals surface area contributed by atoms with Crippen molar-refractivity contribution < 1.29 is 38.1 Å². The van der Waals surface area contributed by atoms with Crippen LogP contribution in [-0.2, 0) is 28.2 Å². The average molecular weight is 853 g/mol. The molecule has 1 aromatic heterocycles. The average Bonchev–Trinajstić information content (AvgIpc) is 3.96. The van der Waals surface area contributed by atoms with E-state index >= 15 is 9.18 Å². The zero-order chi connectivity index (χ0) is 44.5. The van der Waals surface area contributed by atoms with Crippen LogP contribution in [0, 0.1) is 11.8 Å². The van der Waals surface area contributed by atoms with Gasteiger partial charge in [0, 0.05) is 46.4 Å². The summed E-state index contributed by atoms with van der Waals surface area (Å²) in [7, 11) is 3.11. The molecular formula is C49H49FN6O7. The fourth-order valence-corrected chi connectivity index (χ4v) is 8.93. The predicted molar refractivity (Wildman–Crippen MR) is 236 cm³/mol. The Labute approximate surface area is 364 Å². The summed E-state index contributed by atoms with van der Waals surface area (Å²) in [4.78, 5) is 43.3. The predicted octanol–water partition coefficient (Wildman–Crippen LogP) is 8.11. The van der Waals surface area contributed by atoms with Crippen LogP contribution >= 0.6 is 0 Å². The number of carbonyl (C=O) groups is 3. The van der Waals surface area contributed by atoms with E-state index in [1.165, 1.54) is 13.8 Å². The van der Waals surface area contributed by atoms with Crippen LogP contribution in [0.5, 0.6) is 11.5 Å². The lowest BCUT2D eigenvalue weighted by molar-refractivity contribution is -0.146. The van der Waals surface area contributed by atoms with Crippen LogP contribution in [0.15, 0.2) is 128 Å². The summed E-state index contributed by atoms with van der Waals surface area (Å²) >= 11 is 0. The summed E-state index contributed by atoms with van der Waals surface area (Å²) in [6.45, 7) is 5.29. The maximum Gasteiger partial charge on any atom is 0.264 e. The molecule has 2 aliphatic heterocycles. The van der Waals surface area contributed by atoms with E-state index in [2.05, 4.69) is 20.9 Å².